The van der Waals surface area contributed by atoms with Crippen molar-refractivity contribution in [2.75, 3.05) is 0 Å². The van der Waals surface area contributed by atoms with E-state index in [-0.39, 0.29) is 5.41 Å². The molecule has 42 heavy (non-hydrogen) atoms. The molecule has 5 aromatic carbocycles. The summed E-state index contributed by atoms with van der Waals surface area (Å²) in [7, 11) is 0. The summed E-state index contributed by atoms with van der Waals surface area (Å²) < 4.78 is 6.60. The minimum atomic E-state index is -0.100. The van der Waals surface area contributed by atoms with Crippen LogP contribution in [0.25, 0.3) is 61.7 Å². The van der Waals surface area contributed by atoms with E-state index >= 15 is 0 Å². The summed E-state index contributed by atoms with van der Waals surface area (Å²) in [6.07, 6.45) is 11.8. The molecule has 7 rings (SSSR count). The Bertz CT molecular complexity index is 2030. The van der Waals surface area contributed by atoms with Crippen molar-refractivity contribution in [2.24, 2.45) is 0 Å². The van der Waals surface area contributed by atoms with Crippen LogP contribution in [0.1, 0.15) is 53.6 Å². The average molecular weight is 563 g/mol. The van der Waals surface area contributed by atoms with Crippen LogP contribution < -0.4 is 4.74 Å². The van der Waals surface area contributed by atoms with Crippen LogP contribution >= 0.6 is 11.3 Å². The van der Waals surface area contributed by atoms with Gasteiger partial charge in [0.1, 0.15) is 12.4 Å². The van der Waals surface area contributed by atoms with E-state index in [1.807, 2.05) is 6.08 Å². The summed E-state index contributed by atoms with van der Waals surface area (Å²) in [5.41, 5.74) is 6.06. The van der Waals surface area contributed by atoms with Crippen LogP contribution in [0.2, 0.25) is 0 Å². The predicted molar refractivity (Wildman–Crippen MR) is 185 cm³/mol. The van der Waals surface area contributed by atoms with Crippen molar-refractivity contribution in [3.8, 4) is 16.9 Å². The molecule has 1 aliphatic heterocycles. The van der Waals surface area contributed by atoms with Crippen LogP contribution in [0.15, 0.2) is 104 Å². The van der Waals surface area contributed by atoms with E-state index in [4.69, 9.17) is 4.74 Å². The number of benzene rings is 5. The Morgan fingerprint density at radius 3 is 2.07 bits per heavy atom. The Labute approximate surface area is 252 Å². The monoisotopic (exact) mass is 562 g/mol. The van der Waals surface area contributed by atoms with Gasteiger partial charge in [-0.1, -0.05) is 118 Å². The Hall–Kier alpha value is -4.40. The van der Waals surface area contributed by atoms with Gasteiger partial charge in [0.25, 0.3) is 0 Å². The third-order valence-electron chi connectivity index (χ3n) is 8.67. The molecule has 1 nitrogen and oxygen atoms in total. The smallest absolute Gasteiger partial charge is 0.123 e. The maximum Gasteiger partial charge on any atom is 0.123 e. The molecule has 0 saturated heterocycles. The summed E-state index contributed by atoms with van der Waals surface area (Å²) in [6, 6.07) is 31.2. The van der Waals surface area contributed by atoms with Gasteiger partial charge in [0.05, 0.1) is 4.88 Å². The highest BCUT2D eigenvalue weighted by atomic mass is 32.1. The summed E-state index contributed by atoms with van der Waals surface area (Å²) in [6.45, 7) is 11.3. The van der Waals surface area contributed by atoms with Crippen LogP contribution in [-0.2, 0) is 12.0 Å². The molecule has 2 heterocycles. The first-order chi connectivity index (χ1) is 20.5. The molecule has 0 saturated carbocycles. The van der Waals surface area contributed by atoms with Gasteiger partial charge in [-0.25, -0.2) is 0 Å². The molecule has 6 aromatic rings. The predicted octanol–water partition coefficient (Wildman–Crippen LogP) is 11.8. The SMILES string of the molecule is C=Cc1sc2c(c1/C=C\C)/C=C\CC(C)(C)c1cc(-c3ccc4c5ccccc5c5ccccc5c4c3)ccc1OC2. The molecule has 1 aromatic heterocycles. The Morgan fingerprint density at radius 1 is 0.786 bits per heavy atom. The maximum atomic E-state index is 6.60. The highest BCUT2D eigenvalue weighted by Gasteiger charge is 2.26. The Kier molecular flexibility index (Phi) is 6.60. The lowest BCUT2D eigenvalue weighted by Crippen LogP contribution is -2.18. The largest absolute Gasteiger partial charge is 0.488 e. The lowest BCUT2D eigenvalue weighted by molar-refractivity contribution is 0.299. The number of allylic oxidation sites excluding steroid dienone is 2. The number of ether oxygens (including phenoxy) is 1. The highest BCUT2D eigenvalue weighted by molar-refractivity contribution is 7.13. The fraction of sp³-hybridized carbons (Fsp3) is 0.150. The van der Waals surface area contributed by atoms with Crippen LogP contribution in [0, 0.1) is 0 Å². The lowest BCUT2D eigenvalue weighted by atomic mass is 9.79. The van der Waals surface area contributed by atoms with Gasteiger partial charge in [0.2, 0.25) is 0 Å². The standard InChI is InChI=1S/C40H34OS/c1-5-12-33-34-17-11-22-40(3,4)36-24-27(19-21-37(36)41-25-39(34)42-38(33)6-2)26-18-20-32-30-15-8-7-13-28(30)29-14-9-10-16-31(29)35(32)23-26/h5-21,23-24H,2,22,25H2,1,3-4H3/b12-5-,17-11-. The first-order valence-electron chi connectivity index (χ1n) is 14.7. The minimum absolute atomic E-state index is 0.100. The fourth-order valence-corrected chi connectivity index (χ4v) is 7.52. The van der Waals surface area contributed by atoms with E-state index in [2.05, 4.69) is 137 Å². The summed E-state index contributed by atoms with van der Waals surface area (Å²) in [5.74, 6) is 0.961. The van der Waals surface area contributed by atoms with E-state index in [1.165, 1.54) is 69.9 Å². The fourth-order valence-electron chi connectivity index (χ4n) is 6.48. The maximum absolute atomic E-state index is 6.60. The number of thiophene rings is 1. The van der Waals surface area contributed by atoms with E-state index in [0.29, 0.717) is 6.61 Å². The van der Waals surface area contributed by atoms with Crippen molar-refractivity contribution >= 4 is 61.9 Å². The van der Waals surface area contributed by atoms with Crippen LogP contribution in [0.4, 0.5) is 0 Å². The van der Waals surface area contributed by atoms with E-state index in [9.17, 15) is 0 Å². The molecule has 0 unspecified atom stereocenters. The molecule has 0 radical (unpaired) electrons. The number of fused-ring (bicyclic) bond motifs is 8. The van der Waals surface area contributed by atoms with Gasteiger partial charge in [0, 0.05) is 10.4 Å². The van der Waals surface area contributed by atoms with Crippen molar-refractivity contribution in [1.82, 2.24) is 0 Å². The Balaban J connectivity index is 1.35. The van der Waals surface area contributed by atoms with Crippen LogP contribution in [-0.4, -0.2) is 0 Å². The summed E-state index contributed by atoms with van der Waals surface area (Å²) in [5, 5.41) is 7.79. The van der Waals surface area contributed by atoms with Gasteiger partial charge in [-0.15, -0.1) is 11.3 Å². The van der Waals surface area contributed by atoms with Crippen LogP contribution in [0.5, 0.6) is 5.75 Å². The van der Waals surface area contributed by atoms with Gasteiger partial charge >= 0.3 is 0 Å². The summed E-state index contributed by atoms with van der Waals surface area (Å²) in [4.78, 5) is 2.43. The number of rotatable bonds is 3. The van der Waals surface area contributed by atoms with Crippen molar-refractivity contribution in [3.05, 3.63) is 130 Å². The lowest BCUT2D eigenvalue weighted by Gasteiger charge is -2.28. The zero-order valence-corrected chi connectivity index (χ0v) is 25.2. The first-order valence-corrected chi connectivity index (χ1v) is 15.5. The number of hydrogen-bond acceptors (Lipinski definition) is 2. The quantitative estimate of drug-likeness (QED) is 0.195. The number of hydrogen-bond donors (Lipinski definition) is 0. The highest BCUT2D eigenvalue weighted by Crippen LogP contribution is 2.42. The van der Waals surface area contributed by atoms with Gasteiger partial charge in [0.15, 0.2) is 0 Å². The molecule has 206 valence electrons. The molecule has 0 bridgehead atoms. The van der Waals surface area contributed by atoms with Gasteiger partial charge in [-0.05, 0) is 91.5 Å². The van der Waals surface area contributed by atoms with Crippen molar-refractivity contribution in [3.63, 3.8) is 0 Å². The molecule has 0 fully saturated rings. The third kappa shape index (κ3) is 4.38. The molecular formula is C40H34OS. The van der Waals surface area contributed by atoms with E-state index in [1.54, 1.807) is 11.3 Å². The normalized spacial score (nSPS) is 15.4. The average Bonchev–Trinajstić information content (AvgIpc) is 3.35. The second-order valence-corrected chi connectivity index (χ2v) is 12.9. The van der Waals surface area contributed by atoms with Crippen molar-refractivity contribution in [1.29, 1.82) is 0 Å². The summed E-state index contributed by atoms with van der Waals surface area (Å²) >= 11 is 1.77. The van der Waals surface area contributed by atoms with Crippen molar-refractivity contribution in [2.45, 2.75) is 39.2 Å². The second-order valence-electron chi connectivity index (χ2n) is 11.8. The topological polar surface area (TPSA) is 9.23 Å². The molecule has 0 atom stereocenters. The van der Waals surface area contributed by atoms with Gasteiger partial charge in [-0.2, -0.15) is 0 Å². The molecule has 0 aliphatic carbocycles. The van der Waals surface area contributed by atoms with Gasteiger partial charge < -0.3 is 4.74 Å². The Morgan fingerprint density at radius 2 is 1.40 bits per heavy atom. The van der Waals surface area contributed by atoms with E-state index < -0.39 is 0 Å². The first kappa shape index (κ1) is 26.5. The second kappa shape index (κ2) is 10.5. The molecule has 0 spiro atoms. The van der Waals surface area contributed by atoms with Crippen molar-refractivity contribution < 1.29 is 4.74 Å². The van der Waals surface area contributed by atoms with E-state index in [0.717, 1.165) is 12.2 Å². The van der Waals surface area contributed by atoms with Crippen LogP contribution in [0.3, 0.4) is 0 Å². The zero-order valence-electron chi connectivity index (χ0n) is 24.4. The molecule has 0 amide bonds. The molecular weight excluding hydrogens is 529 g/mol. The minimum Gasteiger partial charge on any atom is -0.488 e. The molecule has 2 heteroatoms. The zero-order chi connectivity index (χ0) is 28.8. The molecule has 0 N–H and O–H groups in total. The molecule has 1 aliphatic rings. The van der Waals surface area contributed by atoms with Gasteiger partial charge in [-0.3, -0.25) is 0 Å². The third-order valence-corrected chi connectivity index (χ3v) is 9.86.